The largest absolute Gasteiger partial charge is 0.379 e. The van der Waals surface area contributed by atoms with Crippen LogP contribution in [-0.2, 0) is 16.0 Å². The van der Waals surface area contributed by atoms with Crippen LogP contribution in [0.5, 0.6) is 0 Å². The molecule has 0 saturated carbocycles. The Morgan fingerprint density at radius 2 is 2.00 bits per heavy atom. The molecule has 4 nitrogen and oxygen atoms in total. The highest BCUT2D eigenvalue weighted by Gasteiger charge is 2.13. The first-order chi connectivity index (χ1) is 9.09. The molecule has 0 spiro atoms. The fourth-order valence-corrected chi connectivity index (χ4v) is 1.66. The minimum absolute atomic E-state index is 0.128. The summed E-state index contributed by atoms with van der Waals surface area (Å²) in [5.74, 6) is 0.382. The summed E-state index contributed by atoms with van der Waals surface area (Å²) in [6.07, 6.45) is 0.555. The average Bonchev–Trinajstić information content (AvgIpc) is 2.38. The summed E-state index contributed by atoms with van der Waals surface area (Å²) in [5, 5.41) is 2.79. The maximum Gasteiger partial charge on any atom is 0.237 e. The molecule has 0 radical (unpaired) electrons. The van der Waals surface area contributed by atoms with E-state index in [-0.39, 0.29) is 5.91 Å². The molecule has 1 amide bonds. The van der Waals surface area contributed by atoms with E-state index in [1.54, 1.807) is 0 Å². The van der Waals surface area contributed by atoms with Gasteiger partial charge in [0.15, 0.2) is 0 Å². The fourth-order valence-electron chi connectivity index (χ4n) is 1.66. The molecule has 1 aromatic carbocycles. The zero-order valence-electron chi connectivity index (χ0n) is 11.8. The molecule has 1 rings (SSSR count). The normalized spacial score (nSPS) is 12.4. The summed E-state index contributed by atoms with van der Waals surface area (Å²) >= 11 is 0. The van der Waals surface area contributed by atoms with E-state index in [1.165, 1.54) is 0 Å². The third kappa shape index (κ3) is 6.94. The third-order valence-corrected chi connectivity index (χ3v) is 2.63. The van der Waals surface area contributed by atoms with E-state index in [0.29, 0.717) is 32.1 Å². The van der Waals surface area contributed by atoms with Gasteiger partial charge >= 0.3 is 0 Å². The molecule has 0 aliphatic heterocycles. The van der Waals surface area contributed by atoms with Crippen molar-refractivity contribution in [3.8, 4) is 0 Å². The van der Waals surface area contributed by atoms with Crippen LogP contribution in [0.2, 0.25) is 0 Å². The monoisotopic (exact) mass is 264 g/mol. The zero-order chi connectivity index (χ0) is 14.1. The summed E-state index contributed by atoms with van der Waals surface area (Å²) < 4.78 is 5.39. The van der Waals surface area contributed by atoms with Gasteiger partial charge in [-0.1, -0.05) is 44.2 Å². The van der Waals surface area contributed by atoms with Crippen molar-refractivity contribution in [3.63, 3.8) is 0 Å². The van der Waals surface area contributed by atoms with Crippen molar-refractivity contribution in [2.45, 2.75) is 26.3 Å². The number of hydrogen-bond acceptors (Lipinski definition) is 3. The Hall–Kier alpha value is -1.39. The zero-order valence-corrected chi connectivity index (χ0v) is 11.8. The molecule has 1 aromatic rings. The first-order valence-electron chi connectivity index (χ1n) is 6.74. The van der Waals surface area contributed by atoms with Gasteiger partial charge in [0.2, 0.25) is 5.91 Å². The van der Waals surface area contributed by atoms with Crippen LogP contribution in [0, 0.1) is 5.92 Å². The third-order valence-electron chi connectivity index (χ3n) is 2.63. The molecular weight excluding hydrogens is 240 g/mol. The maximum absolute atomic E-state index is 11.8. The van der Waals surface area contributed by atoms with Crippen molar-refractivity contribution in [2.75, 3.05) is 19.8 Å². The van der Waals surface area contributed by atoms with E-state index in [9.17, 15) is 4.79 Å². The van der Waals surface area contributed by atoms with Gasteiger partial charge in [-0.05, 0) is 17.9 Å². The van der Waals surface area contributed by atoms with Gasteiger partial charge in [-0.25, -0.2) is 0 Å². The number of hydrogen-bond donors (Lipinski definition) is 2. The first kappa shape index (κ1) is 15.7. The van der Waals surface area contributed by atoms with Crippen LogP contribution < -0.4 is 11.1 Å². The Balaban J connectivity index is 2.18. The summed E-state index contributed by atoms with van der Waals surface area (Å²) in [4.78, 5) is 11.8. The molecular formula is C15H24N2O2. The van der Waals surface area contributed by atoms with Crippen molar-refractivity contribution >= 4 is 5.91 Å². The summed E-state index contributed by atoms with van der Waals surface area (Å²) in [5.41, 5.74) is 6.93. The molecule has 4 heteroatoms. The number of nitrogens with two attached hydrogens (primary N) is 1. The molecule has 0 heterocycles. The van der Waals surface area contributed by atoms with Crippen LogP contribution in [0.3, 0.4) is 0 Å². The van der Waals surface area contributed by atoms with Crippen LogP contribution in [0.1, 0.15) is 19.4 Å². The standard InChI is InChI=1S/C15H24N2O2/c1-12(2)11-19-9-8-17-15(18)14(16)10-13-6-4-3-5-7-13/h3-7,12,14H,8-11,16H2,1-2H3,(H,17,18)/t14-/m1/s1. The molecule has 0 fully saturated rings. The second kappa shape index (κ2) is 8.67. The molecule has 0 aliphatic carbocycles. The van der Waals surface area contributed by atoms with E-state index in [0.717, 1.165) is 5.56 Å². The second-order valence-corrected chi connectivity index (χ2v) is 5.06. The quantitative estimate of drug-likeness (QED) is 0.697. The van der Waals surface area contributed by atoms with E-state index >= 15 is 0 Å². The highest BCUT2D eigenvalue weighted by molar-refractivity contribution is 5.81. The minimum Gasteiger partial charge on any atom is -0.379 e. The van der Waals surface area contributed by atoms with Crippen molar-refractivity contribution in [1.82, 2.24) is 5.32 Å². The predicted octanol–water partition coefficient (Wildman–Crippen LogP) is 1.35. The second-order valence-electron chi connectivity index (χ2n) is 5.06. The molecule has 0 unspecified atom stereocenters. The van der Waals surface area contributed by atoms with Crippen molar-refractivity contribution in [3.05, 3.63) is 35.9 Å². The van der Waals surface area contributed by atoms with E-state index in [1.807, 2.05) is 30.3 Å². The molecule has 0 aromatic heterocycles. The average molecular weight is 264 g/mol. The highest BCUT2D eigenvalue weighted by Crippen LogP contribution is 2.01. The fraction of sp³-hybridized carbons (Fsp3) is 0.533. The maximum atomic E-state index is 11.8. The lowest BCUT2D eigenvalue weighted by molar-refractivity contribution is -0.122. The first-order valence-corrected chi connectivity index (χ1v) is 6.74. The molecule has 0 bridgehead atoms. The van der Waals surface area contributed by atoms with Crippen LogP contribution in [-0.4, -0.2) is 31.7 Å². The lowest BCUT2D eigenvalue weighted by Gasteiger charge is -2.13. The van der Waals surface area contributed by atoms with Crippen LogP contribution in [0.15, 0.2) is 30.3 Å². The molecule has 106 valence electrons. The van der Waals surface area contributed by atoms with Crippen molar-refractivity contribution < 1.29 is 9.53 Å². The smallest absolute Gasteiger partial charge is 0.237 e. The van der Waals surface area contributed by atoms with Gasteiger partial charge in [-0.3, -0.25) is 4.79 Å². The summed E-state index contributed by atoms with van der Waals surface area (Å²) in [7, 11) is 0. The van der Waals surface area contributed by atoms with Gasteiger partial charge in [0.05, 0.1) is 12.6 Å². The number of carbonyl (C=O) groups is 1. The van der Waals surface area contributed by atoms with Gasteiger partial charge in [-0.15, -0.1) is 0 Å². The molecule has 1 atom stereocenters. The van der Waals surface area contributed by atoms with E-state index < -0.39 is 6.04 Å². The van der Waals surface area contributed by atoms with Gasteiger partial charge in [0, 0.05) is 13.2 Å². The number of benzene rings is 1. The van der Waals surface area contributed by atoms with Crippen molar-refractivity contribution in [2.24, 2.45) is 11.7 Å². The lowest BCUT2D eigenvalue weighted by Crippen LogP contribution is -2.43. The Bertz CT molecular complexity index is 366. The van der Waals surface area contributed by atoms with Crippen LogP contribution in [0.25, 0.3) is 0 Å². The van der Waals surface area contributed by atoms with Crippen molar-refractivity contribution in [1.29, 1.82) is 0 Å². The number of carbonyl (C=O) groups excluding carboxylic acids is 1. The Labute approximate surface area is 115 Å². The number of ether oxygens (including phenoxy) is 1. The minimum atomic E-state index is -0.507. The van der Waals surface area contributed by atoms with E-state index in [2.05, 4.69) is 19.2 Å². The molecule has 19 heavy (non-hydrogen) atoms. The SMILES string of the molecule is CC(C)COCCNC(=O)[C@H](N)Cc1ccccc1. The predicted molar refractivity (Wildman–Crippen MR) is 76.8 cm³/mol. The van der Waals surface area contributed by atoms with Gasteiger partial charge < -0.3 is 15.8 Å². The van der Waals surface area contributed by atoms with Crippen LogP contribution in [0.4, 0.5) is 0 Å². The molecule has 0 saturated heterocycles. The highest BCUT2D eigenvalue weighted by atomic mass is 16.5. The molecule has 3 N–H and O–H groups in total. The number of rotatable bonds is 8. The summed E-state index contributed by atoms with van der Waals surface area (Å²) in [6, 6.07) is 9.27. The number of nitrogens with one attached hydrogen (secondary N) is 1. The van der Waals surface area contributed by atoms with Gasteiger partial charge in [0.1, 0.15) is 0 Å². The Morgan fingerprint density at radius 1 is 1.32 bits per heavy atom. The Kier molecular flexibility index (Phi) is 7.15. The summed E-state index contributed by atoms with van der Waals surface area (Å²) in [6.45, 7) is 5.94. The van der Waals surface area contributed by atoms with E-state index in [4.69, 9.17) is 10.5 Å². The topological polar surface area (TPSA) is 64.3 Å². The van der Waals surface area contributed by atoms with Gasteiger partial charge in [0.25, 0.3) is 0 Å². The lowest BCUT2D eigenvalue weighted by atomic mass is 10.1. The van der Waals surface area contributed by atoms with Crippen LogP contribution >= 0.6 is 0 Å². The van der Waals surface area contributed by atoms with Gasteiger partial charge in [-0.2, -0.15) is 0 Å². The molecule has 0 aliphatic rings. The number of amides is 1. The Morgan fingerprint density at radius 3 is 2.63 bits per heavy atom.